The van der Waals surface area contributed by atoms with Crippen LogP contribution in [0.1, 0.15) is 22.6 Å². The molecule has 1 aliphatic heterocycles. The molecule has 2 aromatic heterocycles. The highest BCUT2D eigenvalue weighted by molar-refractivity contribution is 7.80. The molecule has 0 spiro atoms. The molecule has 8 heteroatoms. The van der Waals surface area contributed by atoms with Gasteiger partial charge in [0.15, 0.2) is 5.11 Å². The minimum absolute atomic E-state index is 0.363. The lowest BCUT2D eigenvalue weighted by atomic mass is 10.1. The fourth-order valence-corrected chi connectivity index (χ4v) is 3.35. The maximum absolute atomic E-state index is 6.20. The summed E-state index contributed by atoms with van der Waals surface area (Å²) in [7, 11) is 0. The van der Waals surface area contributed by atoms with Crippen molar-refractivity contribution in [2.45, 2.75) is 26.6 Å². The number of thiocarbonyl (C=S) groups is 1. The van der Waals surface area contributed by atoms with Crippen LogP contribution in [0.4, 0.5) is 11.8 Å². The third kappa shape index (κ3) is 4.20. The van der Waals surface area contributed by atoms with E-state index in [0.29, 0.717) is 22.8 Å². The summed E-state index contributed by atoms with van der Waals surface area (Å²) >= 11 is 11.5. The Labute approximate surface area is 167 Å². The molecule has 0 atom stereocenters. The van der Waals surface area contributed by atoms with Gasteiger partial charge in [0.1, 0.15) is 22.5 Å². The number of nitrogens with zero attached hydrogens (tertiary/aromatic N) is 3. The van der Waals surface area contributed by atoms with Crippen LogP contribution >= 0.6 is 23.8 Å². The van der Waals surface area contributed by atoms with E-state index in [1.807, 2.05) is 31.2 Å². The van der Waals surface area contributed by atoms with Crippen LogP contribution in [-0.2, 0) is 19.6 Å². The molecule has 0 saturated heterocycles. The number of aryl methyl sites for hydroxylation is 1. The van der Waals surface area contributed by atoms with Crippen LogP contribution < -0.4 is 15.5 Å². The number of nitrogens with one attached hydrogen (secondary N) is 2. The second-order valence-electron chi connectivity index (χ2n) is 6.32. The van der Waals surface area contributed by atoms with Gasteiger partial charge < -0.3 is 20.0 Å². The SMILES string of the molecule is Cc1ccc(CNC(=S)Nc2nc(Cl)cc(N3Cc4ccccc4C3)n2)o1. The summed E-state index contributed by atoms with van der Waals surface area (Å²) in [6, 6.07) is 13.9. The first-order valence-electron chi connectivity index (χ1n) is 8.53. The van der Waals surface area contributed by atoms with Crippen LogP contribution in [0.15, 0.2) is 46.9 Å². The number of anilines is 2. The summed E-state index contributed by atoms with van der Waals surface area (Å²) in [5.74, 6) is 2.79. The van der Waals surface area contributed by atoms with Gasteiger partial charge in [-0.05, 0) is 42.4 Å². The summed E-state index contributed by atoms with van der Waals surface area (Å²) in [5, 5.41) is 6.83. The molecule has 27 heavy (non-hydrogen) atoms. The maximum Gasteiger partial charge on any atom is 0.232 e. The number of hydrogen-bond acceptors (Lipinski definition) is 5. The molecule has 3 aromatic rings. The molecule has 1 aliphatic rings. The molecule has 0 unspecified atom stereocenters. The molecule has 138 valence electrons. The number of aromatic nitrogens is 2. The van der Waals surface area contributed by atoms with Crippen molar-refractivity contribution in [3.63, 3.8) is 0 Å². The van der Waals surface area contributed by atoms with E-state index in [1.165, 1.54) is 11.1 Å². The highest BCUT2D eigenvalue weighted by atomic mass is 35.5. The van der Waals surface area contributed by atoms with Crippen molar-refractivity contribution >= 4 is 40.7 Å². The van der Waals surface area contributed by atoms with Gasteiger partial charge in [-0.25, -0.2) is 4.98 Å². The van der Waals surface area contributed by atoms with Crippen molar-refractivity contribution in [3.05, 3.63) is 70.3 Å². The molecular formula is C19H18ClN5OS. The number of furan rings is 1. The number of hydrogen-bond donors (Lipinski definition) is 2. The average molecular weight is 400 g/mol. The Hall–Kier alpha value is -2.64. The molecule has 0 radical (unpaired) electrons. The smallest absolute Gasteiger partial charge is 0.232 e. The Morgan fingerprint density at radius 1 is 1.19 bits per heavy atom. The Morgan fingerprint density at radius 2 is 1.93 bits per heavy atom. The summed E-state index contributed by atoms with van der Waals surface area (Å²) in [4.78, 5) is 10.9. The molecule has 6 nitrogen and oxygen atoms in total. The van der Waals surface area contributed by atoms with Crippen LogP contribution in [0.5, 0.6) is 0 Å². The molecule has 4 rings (SSSR count). The zero-order chi connectivity index (χ0) is 18.8. The molecule has 1 aromatic carbocycles. The second kappa shape index (κ2) is 7.54. The molecular weight excluding hydrogens is 382 g/mol. The molecule has 2 N–H and O–H groups in total. The summed E-state index contributed by atoms with van der Waals surface area (Å²) in [5.41, 5.74) is 2.60. The summed E-state index contributed by atoms with van der Waals surface area (Å²) in [6.07, 6.45) is 0. The van der Waals surface area contributed by atoms with Crippen molar-refractivity contribution in [1.82, 2.24) is 15.3 Å². The molecule has 0 amide bonds. The van der Waals surface area contributed by atoms with E-state index in [0.717, 1.165) is 30.4 Å². The molecule has 0 saturated carbocycles. The number of fused-ring (bicyclic) bond motifs is 1. The molecule has 0 aliphatic carbocycles. The largest absolute Gasteiger partial charge is 0.465 e. The van der Waals surface area contributed by atoms with Crippen molar-refractivity contribution in [1.29, 1.82) is 0 Å². The highest BCUT2D eigenvalue weighted by Gasteiger charge is 2.20. The molecule has 3 heterocycles. The standard InChI is InChI=1S/C19H18ClN5OS/c1-12-6-7-15(26-12)9-21-19(27)24-18-22-16(20)8-17(23-18)25-10-13-4-2-3-5-14(13)11-25/h2-8H,9-11H2,1H3,(H2,21,22,23,24,27). The Bertz CT molecular complexity index is 965. The van der Waals surface area contributed by atoms with Crippen molar-refractivity contribution in [2.75, 3.05) is 10.2 Å². The minimum atomic E-state index is 0.363. The van der Waals surface area contributed by atoms with Crippen LogP contribution in [0.3, 0.4) is 0 Å². The fourth-order valence-electron chi connectivity index (χ4n) is 3.01. The van der Waals surface area contributed by atoms with E-state index in [4.69, 9.17) is 28.2 Å². The van der Waals surface area contributed by atoms with Crippen molar-refractivity contribution in [2.24, 2.45) is 0 Å². The number of rotatable bonds is 4. The first-order chi connectivity index (χ1) is 13.1. The van der Waals surface area contributed by atoms with Crippen LogP contribution in [0.25, 0.3) is 0 Å². The third-order valence-corrected chi connectivity index (χ3v) is 4.73. The zero-order valence-corrected chi connectivity index (χ0v) is 16.3. The lowest BCUT2D eigenvalue weighted by Gasteiger charge is -2.18. The summed E-state index contributed by atoms with van der Waals surface area (Å²) in [6.45, 7) is 3.97. The van der Waals surface area contributed by atoms with Gasteiger partial charge in [-0.2, -0.15) is 4.98 Å². The normalized spacial score (nSPS) is 12.7. The Morgan fingerprint density at radius 3 is 2.59 bits per heavy atom. The van der Waals surface area contributed by atoms with Gasteiger partial charge in [-0.3, -0.25) is 0 Å². The van der Waals surface area contributed by atoms with Gasteiger partial charge in [-0.1, -0.05) is 35.9 Å². The average Bonchev–Trinajstić information content (AvgIpc) is 3.25. The topological polar surface area (TPSA) is 66.2 Å². The second-order valence-corrected chi connectivity index (χ2v) is 7.11. The van der Waals surface area contributed by atoms with Gasteiger partial charge in [0.25, 0.3) is 0 Å². The van der Waals surface area contributed by atoms with E-state index in [9.17, 15) is 0 Å². The van der Waals surface area contributed by atoms with Crippen LogP contribution in [0, 0.1) is 6.92 Å². The first kappa shape index (κ1) is 17.8. The quantitative estimate of drug-likeness (QED) is 0.507. The monoisotopic (exact) mass is 399 g/mol. The van der Waals surface area contributed by atoms with Gasteiger partial charge in [0.05, 0.1) is 6.54 Å². The number of halogens is 1. The highest BCUT2D eigenvalue weighted by Crippen LogP contribution is 2.28. The minimum Gasteiger partial charge on any atom is -0.465 e. The van der Waals surface area contributed by atoms with Crippen molar-refractivity contribution < 1.29 is 4.42 Å². The predicted molar refractivity (Wildman–Crippen MR) is 110 cm³/mol. The lowest BCUT2D eigenvalue weighted by Crippen LogP contribution is -2.29. The van der Waals surface area contributed by atoms with E-state index in [-0.39, 0.29) is 0 Å². The van der Waals surface area contributed by atoms with E-state index >= 15 is 0 Å². The van der Waals surface area contributed by atoms with E-state index < -0.39 is 0 Å². The van der Waals surface area contributed by atoms with E-state index in [2.05, 4.69) is 37.6 Å². The zero-order valence-electron chi connectivity index (χ0n) is 14.7. The number of benzene rings is 1. The Kier molecular flexibility index (Phi) is 4.96. The van der Waals surface area contributed by atoms with E-state index in [1.54, 1.807) is 6.07 Å². The van der Waals surface area contributed by atoms with Gasteiger partial charge in [-0.15, -0.1) is 0 Å². The summed E-state index contributed by atoms with van der Waals surface area (Å²) < 4.78 is 5.51. The van der Waals surface area contributed by atoms with Crippen LogP contribution in [0.2, 0.25) is 5.15 Å². The van der Waals surface area contributed by atoms with Gasteiger partial charge in [0.2, 0.25) is 5.95 Å². The molecule has 0 bridgehead atoms. The first-order valence-corrected chi connectivity index (χ1v) is 9.32. The lowest BCUT2D eigenvalue weighted by molar-refractivity contribution is 0.478. The Balaban J connectivity index is 1.42. The predicted octanol–water partition coefficient (Wildman–Crippen LogP) is 4.04. The molecule has 0 fully saturated rings. The fraction of sp³-hybridized carbons (Fsp3) is 0.211. The van der Waals surface area contributed by atoms with Crippen molar-refractivity contribution in [3.8, 4) is 0 Å². The van der Waals surface area contributed by atoms with Gasteiger partial charge in [0, 0.05) is 19.2 Å². The van der Waals surface area contributed by atoms with Crippen LogP contribution in [-0.4, -0.2) is 15.1 Å². The third-order valence-electron chi connectivity index (χ3n) is 4.29. The maximum atomic E-state index is 6.20. The van der Waals surface area contributed by atoms with Gasteiger partial charge >= 0.3 is 0 Å².